The summed E-state index contributed by atoms with van der Waals surface area (Å²) in [6.45, 7) is 3.71. The average Bonchev–Trinajstić information content (AvgIpc) is 2.25. The van der Waals surface area contributed by atoms with Crippen LogP contribution in [0.15, 0.2) is 18.2 Å². The van der Waals surface area contributed by atoms with Crippen LogP contribution in [-0.4, -0.2) is 16.8 Å². The zero-order valence-electron chi connectivity index (χ0n) is 8.20. The van der Waals surface area contributed by atoms with Crippen molar-refractivity contribution < 1.29 is 10.2 Å². The van der Waals surface area contributed by atoms with Gasteiger partial charge in [0.2, 0.25) is 0 Å². The molecule has 1 rings (SSSR count). The van der Waals surface area contributed by atoms with Gasteiger partial charge in [-0.05, 0) is 18.2 Å². The molecule has 3 nitrogen and oxygen atoms in total. The van der Waals surface area contributed by atoms with Crippen LogP contribution in [0.2, 0.25) is 0 Å². The van der Waals surface area contributed by atoms with Gasteiger partial charge in [0.15, 0.2) is 0 Å². The van der Waals surface area contributed by atoms with Crippen molar-refractivity contribution in [2.24, 2.45) is 0 Å². The maximum absolute atomic E-state index is 8.92. The Hall–Kier alpha value is -1.48. The molecule has 0 bridgehead atoms. The zero-order valence-corrected chi connectivity index (χ0v) is 8.20. The van der Waals surface area contributed by atoms with Crippen molar-refractivity contribution in [3.63, 3.8) is 0 Å². The van der Waals surface area contributed by atoms with Crippen LogP contribution >= 0.6 is 0 Å². The van der Waals surface area contributed by atoms with Crippen LogP contribution in [0.1, 0.15) is 12.5 Å². The van der Waals surface area contributed by atoms with E-state index in [2.05, 4.69) is 5.32 Å². The van der Waals surface area contributed by atoms with Crippen LogP contribution in [0.5, 0.6) is 0 Å². The Morgan fingerprint density at radius 2 is 1.93 bits per heavy atom. The van der Waals surface area contributed by atoms with Gasteiger partial charge >= 0.3 is 0 Å². The Labute approximate surface area is 83.0 Å². The molecule has 1 aromatic rings. The molecule has 0 aliphatic rings. The molecule has 0 aliphatic heterocycles. The molecule has 14 heavy (non-hydrogen) atoms. The third kappa shape index (κ3) is 2.50. The third-order valence-corrected chi connectivity index (χ3v) is 2.01. The Balaban J connectivity index is 3.04. The molecule has 0 aromatic heterocycles. The van der Waals surface area contributed by atoms with Crippen LogP contribution in [0.3, 0.4) is 0 Å². The summed E-state index contributed by atoms with van der Waals surface area (Å²) in [4.78, 5) is 0. The summed E-state index contributed by atoms with van der Waals surface area (Å²) < 4.78 is 0. The summed E-state index contributed by atoms with van der Waals surface area (Å²) in [7, 11) is 0. The lowest BCUT2D eigenvalue weighted by molar-refractivity contribution is 0.533. The minimum atomic E-state index is 0.618. The molecule has 0 atom stereocenters. The van der Waals surface area contributed by atoms with Crippen molar-refractivity contribution in [3.05, 3.63) is 34.2 Å². The van der Waals surface area contributed by atoms with Gasteiger partial charge in [-0.1, -0.05) is 19.1 Å². The summed E-state index contributed by atoms with van der Waals surface area (Å²) in [5.41, 5.74) is 1.08. The molecule has 0 heterocycles. The number of aliphatic hydroxyl groups excluding tert-OH is 2. The quantitative estimate of drug-likeness (QED) is 0.651. The van der Waals surface area contributed by atoms with E-state index in [4.69, 9.17) is 10.2 Å². The van der Waals surface area contributed by atoms with E-state index >= 15 is 0 Å². The first-order valence-electron chi connectivity index (χ1n) is 4.60. The fourth-order valence-corrected chi connectivity index (χ4v) is 1.23. The molecule has 76 valence electrons. The van der Waals surface area contributed by atoms with Gasteiger partial charge in [-0.3, -0.25) is 0 Å². The molecule has 0 aliphatic carbocycles. The molecular weight excluding hydrogens is 178 g/mol. The molecule has 0 unspecified atom stereocenters. The average molecular weight is 193 g/mol. The van der Waals surface area contributed by atoms with Crippen molar-refractivity contribution in [1.82, 2.24) is 5.32 Å². The van der Waals surface area contributed by atoms with Crippen molar-refractivity contribution >= 4 is 12.5 Å². The fourth-order valence-electron chi connectivity index (χ4n) is 1.23. The second-order valence-electron chi connectivity index (χ2n) is 3.00. The van der Waals surface area contributed by atoms with E-state index in [1.165, 1.54) is 0 Å². The van der Waals surface area contributed by atoms with Crippen LogP contribution < -0.4 is 15.8 Å². The number of nitrogens with one attached hydrogen (secondary N) is 1. The molecule has 0 saturated carbocycles. The largest absolute Gasteiger partial charge is 0.515 e. The Kier molecular flexibility index (Phi) is 4.01. The summed E-state index contributed by atoms with van der Waals surface area (Å²) in [5, 5.41) is 22.2. The van der Waals surface area contributed by atoms with Gasteiger partial charge in [-0.25, -0.2) is 0 Å². The highest BCUT2D eigenvalue weighted by atomic mass is 16.2. The molecule has 0 saturated heterocycles. The molecule has 0 amide bonds. The molecule has 0 spiro atoms. The van der Waals surface area contributed by atoms with Crippen molar-refractivity contribution in [1.29, 1.82) is 0 Å². The van der Waals surface area contributed by atoms with Gasteiger partial charge in [0, 0.05) is 17.0 Å². The normalized spacial score (nSPS) is 13.5. The maximum Gasteiger partial charge on any atom is 0.0871 e. The van der Waals surface area contributed by atoms with Gasteiger partial charge < -0.3 is 15.5 Å². The van der Waals surface area contributed by atoms with Crippen LogP contribution in [-0.2, 0) is 6.54 Å². The first-order chi connectivity index (χ1) is 6.81. The van der Waals surface area contributed by atoms with Crippen molar-refractivity contribution in [2.75, 3.05) is 6.54 Å². The standard InChI is InChI=1S/C11H15NO2/c1-2-12-6-9-3-4-10(7-13)11(5-9)8-14/h3-5,7-8,12-14H,2,6H2,1H3. The topological polar surface area (TPSA) is 52.5 Å². The SMILES string of the molecule is CCNCc1ccc(=CO)c(=CO)c1. The smallest absolute Gasteiger partial charge is 0.0871 e. The lowest BCUT2D eigenvalue weighted by Crippen LogP contribution is -2.26. The van der Waals surface area contributed by atoms with Gasteiger partial charge in [0.25, 0.3) is 0 Å². The number of aliphatic hydroxyl groups is 2. The third-order valence-electron chi connectivity index (χ3n) is 2.01. The van der Waals surface area contributed by atoms with Gasteiger partial charge in [0.05, 0.1) is 12.5 Å². The Bertz CT molecular complexity index is 398. The highest BCUT2D eigenvalue weighted by Crippen LogP contribution is 1.90. The fraction of sp³-hybridized carbons (Fsp3) is 0.273. The van der Waals surface area contributed by atoms with Crippen LogP contribution in [0.25, 0.3) is 12.5 Å². The van der Waals surface area contributed by atoms with E-state index in [9.17, 15) is 0 Å². The number of hydrogen-bond acceptors (Lipinski definition) is 3. The lowest BCUT2D eigenvalue weighted by Gasteiger charge is -2.01. The number of hydrogen-bond donors (Lipinski definition) is 3. The maximum atomic E-state index is 8.92. The van der Waals surface area contributed by atoms with E-state index in [1.54, 1.807) is 6.07 Å². The van der Waals surface area contributed by atoms with E-state index < -0.39 is 0 Å². The summed E-state index contributed by atoms with van der Waals surface area (Å²) in [6.07, 6.45) is 1.98. The minimum Gasteiger partial charge on any atom is -0.515 e. The highest BCUT2D eigenvalue weighted by molar-refractivity contribution is 5.27. The second kappa shape index (κ2) is 5.29. The van der Waals surface area contributed by atoms with Crippen molar-refractivity contribution in [3.8, 4) is 0 Å². The summed E-state index contributed by atoms with van der Waals surface area (Å²) in [5.74, 6) is 0. The van der Waals surface area contributed by atoms with Gasteiger partial charge in [-0.2, -0.15) is 0 Å². The summed E-state index contributed by atoms with van der Waals surface area (Å²) >= 11 is 0. The number of benzene rings is 1. The van der Waals surface area contributed by atoms with Crippen LogP contribution in [0.4, 0.5) is 0 Å². The van der Waals surface area contributed by atoms with Gasteiger partial charge in [0.1, 0.15) is 0 Å². The molecule has 0 fully saturated rings. The number of rotatable bonds is 3. The molecule has 0 radical (unpaired) electrons. The van der Waals surface area contributed by atoms with E-state index in [0.29, 0.717) is 10.4 Å². The molecule has 3 N–H and O–H groups in total. The predicted molar refractivity (Wildman–Crippen MR) is 57.3 cm³/mol. The first kappa shape index (κ1) is 10.6. The summed E-state index contributed by atoms with van der Waals surface area (Å²) in [6, 6.07) is 5.52. The van der Waals surface area contributed by atoms with E-state index in [0.717, 1.165) is 31.2 Å². The first-order valence-corrected chi connectivity index (χ1v) is 4.60. The predicted octanol–water partition coefficient (Wildman–Crippen LogP) is 0.388. The minimum absolute atomic E-state index is 0.618. The van der Waals surface area contributed by atoms with Crippen LogP contribution in [0, 0.1) is 0 Å². The second-order valence-corrected chi connectivity index (χ2v) is 3.00. The molecule has 3 heteroatoms. The zero-order chi connectivity index (χ0) is 10.4. The van der Waals surface area contributed by atoms with E-state index in [-0.39, 0.29) is 0 Å². The Morgan fingerprint density at radius 1 is 1.21 bits per heavy atom. The highest BCUT2D eigenvalue weighted by Gasteiger charge is 1.92. The Morgan fingerprint density at radius 3 is 2.50 bits per heavy atom. The monoisotopic (exact) mass is 193 g/mol. The molecular formula is C11H15NO2. The van der Waals surface area contributed by atoms with E-state index in [1.807, 2.05) is 19.1 Å². The molecule has 1 aromatic carbocycles. The van der Waals surface area contributed by atoms with Crippen molar-refractivity contribution in [2.45, 2.75) is 13.5 Å². The lowest BCUT2D eigenvalue weighted by atomic mass is 10.1. The van der Waals surface area contributed by atoms with Gasteiger partial charge in [-0.15, -0.1) is 0 Å².